The van der Waals surface area contributed by atoms with Gasteiger partial charge in [-0.1, -0.05) is 31.9 Å². The van der Waals surface area contributed by atoms with Crippen LogP contribution in [0.4, 0.5) is 18.9 Å². The molecule has 1 N–H and O–H groups in total. The summed E-state index contributed by atoms with van der Waals surface area (Å²) >= 11 is 6.36. The molecule has 0 fully saturated rings. The molecule has 0 saturated heterocycles. The Hall–Kier alpha value is -1.82. The zero-order valence-corrected chi connectivity index (χ0v) is 23.7. The second kappa shape index (κ2) is 12.9. The molecule has 0 aromatic heterocycles. The van der Waals surface area contributed by atoms with Crippen molar-refractivity contribution in [1.82, 2.24) is 5.32 Å². The molecule has 1 amide bonds. The highest BCUT2D eigenvalue weighted by atomic mass is 79.9. The first-order chi connectivity index (χ1) is 16.0. The van der Waals surface area contributed by atoms with Crippen molar-refractivity contribution in [3.05, 3.63) is 29.1 Å². The number of benzene rings is 1. The van der Waals surface area contributed by atoms with Gasteiger partial charge >= 0.3 is 11.9 Å². The Balaban J connectivity index is 3.31. The molecule has 1 atom stereocenters. The van der Waals surface area contributed by atoms with E-state index in [-0.39, 0.29) is 13.1 Å². The molecule has 0 bridgehead atoms. The largest absolute Gasteiger partial charge is 0.460 e. The highest BCUT2D eigenvalue weighted by Crippen LogP contribution is 2.28. The van der Waals surface area contributed by atoms with Crippen LogP contribution in [0.5, 0.6) is 0 Å². The van der Waals surface area contributed by atoms with Gasteiger partial charge in [-0.2, -0.15) is 0 Å². The molecule has 7 nitrogen and oxygen atoms in total. The van der Waals surface area contributed by atoms with Crippen molar-refractivity contribution in [1.29, 1.82) is 0 Å². The molecule has 1 unspecified atom stereocenters. The van der Waals surface area contributed by atoms with Gasteiger partial charge in [0.2, 0.25) is 0 Å². The van der Waals surface area contributed by atoms with Gasteiger partial charge in [-0.25, -0.2) is 18.0 Å². The van der Waals surface area contributed by atoms with Gasteiger partial charge in [-0.15, -0.1) is 0 Å². The Bertz CT molecular complexity index is 927. The fourth-order valence-corrected chi connectivity index (χ4v) is 3.79. The lowest BCUT2D eigenvalue weighted by Gasteiger charge is -2.26. The normalized spacial score (nSPS) is 12.7. The summed E-state index contributed by atoms with van der Waals surface area (Å²) in [4.78, 5) is 39.0. The number of nitrogens with zero attached hydrogens (tertiary/aromatic N) is 1. The van der Waals surface area contributed by atoms with Crippen molar-refractivity contribution in [3.63, 3.8) is 0 Å². The number of amides is 1. The van der Waals surface area contributed by atoms with E-state index >= 15 is 0 Å². The minimum atomic E-state index is -1.59. The third-order valence-electron chi connectivity index (χ3n) is 4.19. The second-order valence-electron chi connectivity index (χ2n) is 9.60. The minimum absolute atomic E-state index is 0.182. The van der Waals surface area contributed by atoms with Gasteiger partial charge in [0.25, 0.3) is 5.91 Å². The number of nitrogens with one attached hydrogen (secondary N) is 1. The Labute approximate surface area is 220 Å². The topological polar surface area (TPSA) is 84.9 Å². The Morgan fingerprint density at radius 2 is 1.46 bits per heavy atom. The average molecular weight is 632 g/mol. The zero-order valence-electron chi connectivity index (χ0n) is 20.6. The van der Waals surface area contributed by atoms with Crippen LogP contribution >= 0.6 is 31.9 Å². The first kappa shape index (κ1) is 31.2. The van der Waals surface area contributed by atoms with Gasteiger partial charge in [-0.3, -0.25) is 9.59 Å². The molecular weight excluding hydrogens is 601 g/mol. The van der Waals surface area contributed by atoms with Gasteiger partial charge in [0.15, 0.2) is 17.5 Å². The summed E-state index contributed by atoms with van der Waals surface area (Å²) in [5, 5.41) is 2.88. The first-order valence-electron chi connectivity index (χ1n) is 10.8. The van der Waals surface area contributed by atoms with E-state index in [9.17, 15) is 27.6 Å². The summed E-state index contributed by atoms with van der Waals surface area (Å²) in [7, 11) is 0. The molecule has 35 heavy (non-hydrogen) atoms. The van der Waals surface area contributed by atoms with Crippen molar-refractivity contribution >= 4 is 55.4 Å². The van der Waals surface area contributed by atoms with Crippen molar-refractivity contribution in [2.24, 2.45) is 0 Å². The van der Waals surface area contributed by atoms with Crippen LogP contribution < -0.4 is 10.2 Å². The summed E-state index contributed by atoms with van der Waals surface area (Å²) in [5.41, 5.74) is -3.41. The van der Waals surface area contributed by atoms with Crippen LogP contribution in [-0.4, -0.2) is 58.8 Å². The number of carbonyl (C=O) groups is 3. The molecule has 0 aliphatic heterocycles. The molecule has 0 aliphatic carbocycles. The summed E-state index contributed by atoms with van der Waals surface area (Å²) in [6.07, 6.45) is -0.632. The predicted octanol–water partition coefficient (Wildman–Crippen LogP) is 4.87. The lowest BCUT2D eigenvalue weighted by molar-refractivity contribution is -0.164. The molecule has 1 rings (SSSR count). The number of hydrogen-bond donors (Lipinski definition) is 1. The number of ether oxygens (including phenoxy) is 2. The molecule has 1 aromatic carbocycles. The van der Waals surface area contributed by atoms with Gasteiger partial charge in [0, 0.05) is 23.7 Å². The van der Waals surface area contributed by atoms with Gasteiger partial charge in [-0.05, 0) is 47.6 Å². The summed E-state index contributed by atoms with van der Waals surface area (Å²) in [6.45, 7) is 9.93. The monoisotopic (exact) mass is 630 g/mol. The maximum absolute atomic E-state index is 14.9. The van der Waals surface area contributed by atoms with Crippen molar-refractivity contribution in [2.45, 2.75) is 65.2 Å². The Morgan fingerprint density at radius 1 is 0.943 bits per heavy atom. The fourth-order valence-electron chi connectivity index (χ4n) is 2.93. The predicted molar refractivity (Wildman–Crippen MR) is 134 cm³/mol. The maximum atomic E-state index is 14.9. The summed E-state index contributed by atoms with van der Waals surface area (Å²) < 4.78 is 55.0. The van der Waals surface area contributed by atoms with E-state index in [1.165, 1.54) is 4.90 Å². The number of alkyl halides is 2. The molecule has 0 saturated carbocycles. The standard InChI is InChI=1S/C23H31Br2F3N2O5/c1-22(2,3)34-16(31)12-15(21(33)35-23(4,5)6)29-20(32)13-11-14(26)19(18(28)17(13)27)30(9-7-24)10-8-25/h11,15H,7-10,12H2,1-6H3,(H,29,32). The van der Waals surface area contributed by atoms with E-state index in [0.717, 1.165) is 0 Å². The van der Waals surface area contributed by atoms with E-state index < -0.39 is 70.2 Å². The number of rotatable bonds is 10. The van der Waals surface area contributed by atoms with Crippen LogP contribution in [0.15, 0.2) is 6.07 Å². The maximum Gasteiger partial charge on any atom is 0.329 e. The number of halogens is 5. The quantitative estimate of drug-likeness (QED) is 0.225. The van der Waals surface area contributed by atoms with Crippen LogP contribution in [0.1, 0.15) is 58.3 Å². The number of anilines is 1. The molecule has 0 aliphatic rings. The third-order valence-corrected chi connectivity index (χ3v) is 4.90. The van der Waals surface area contributed by atoms with Gasteiger partial charge in [0.1, 0.15) is 22.9 Å². The molecular formula is C23H31Br2F3N2O5. The van der Waals surface area contributed by atoms with Gasteiger partial charge < -0.3 is 19.7 Å². The Kier molecular flexibility index (Phi) is 11.5. The van der Waals surface area contributed by atoms with E-state index in [1.807, 2.05) is 0 Å². The SMILES string of the molecule is CC(C)(C)OC(=O)CC(NC(=O)c1cc(F)c(N(CCBr)CCBr)c(F)c1F)C(=O)OC(C)(C)C. The molecule has 198 valence electrons. The van der Waals surface area contributed by atoms with Crippen LogP contribution in [0.25, 0.3) is 0 Å². The first-order valence-corrected chi connectivity index (χ1v) is 13.0. The van der Waals surface area contributed by atoms with Crippen LogP contribution in [0.2, 0.25) is 0 Å². The molecule has 0 spiro atoms. The third kappa shape index (κ3) is 9.98. The van der Waals surface area contributed by atoms with E-state index in [0.29, 0.717) is 16.7 Å². The lowest BCUT2D eigenvalue weighted by Crippen LogP contribution is -2.46. The zero-order chi connectivity index (χ0) is 27.1. The molecule has 0 radical (unpaired) electrons. The van der Waals surface area contributed by atoms with E-state index in [1.54, 1.807) is 41.5 Å². The minimum Gasteiger partial charge on any atom is -0.460 e. The Morgan fingerprint density at radius 3 is 1.91 bits per heavy atom. The number of carbonyl (C=O) groups excluding carboxylic acids is 3. The van der Waals surface area contributed by atoms with Gasteiger partial charge in [0.05, 0.1) is 12.0 Å². The van der Waals surface area contributed by atoms with Crippen molar-refractivity contribution in [2.75, 3.05) is 28.6 Å². The van der Waals surface area contributed by atoms with Crippen LogP contribution in [0, 0.1) is 17.5 Å². The lowest BCUT2D eigenvalue weighted by atomic mass is 10.1. The highest BCUT2D eigenvalue weighted by molar-refractivity contribution is 9.09. The van der Waals surface area contributed by atoms with Crippen LogP contribution in [-0.2, 0) is 19.1 Å². The smallest absolute Gasteiger partial charge is 0.329 e. The number of hydrogen-bond acceptors (Lipinski definition) is 6. The second-order valence-corrected chi connectivity index (χ2v) is 11.2. The number of esters is 2. The summed E-state index contributed by atoms with van der Waals surface area (Å²) in [6, 6.07) is -1.03. The fraction of sp³-hybridized carbons (Fsp3) is 0.609. The average Bonchev–Trinajstić information content (AvgIpc) is 2.67. The van der Waals surface area contributed by atoms with E-state index in [2.05, 4.69) is 37.2 Å². The van der Waals surface area contributed by atoms with Crippen LogP contribution in [0.3, 0.4) is 0 Å². The molecule has 0 heterocycles. The van der Waals surface area contributed by atoms with Crippen molar-refractivity contribution in [3.8, 4) is 0 Å². The highest BCUT2D eigenvalue weighted by Gasteiger charge is 2.33. The van der Waals surface area contributed by atoms with Crippen molar-refractivity contribution < 1.29 is 37.0 Å². The summed E-state index contributed by atoms with van der Waals surface area (Å²) in [5.74, 6) is -7.40. The molecule has 12 heteroatoms. The molecule has 1 aromatic rings. The van der Waals surface area contributed by atoms with E-state index in [4.69, 9.17) is 9.47 Å².